The van der Waals surface area contributed by atoms with Gasteiger partial charge in [-0.15, -0.1) is 0 Å². The van der Waals surface area contributed by atoms with Crippen molar-refractivity contribution in [2.75, 3.05) is 11.9 Å². The Morgan fingerprint density at radius 3 is 2.70 bits per heavy atom. The van der Waals surface area contributed by atoms with Gasteiger partial charge < -0.3 is 14.6 Å². The summed E-state index contributed by atoms with van der Waals surface area (Å²) < 4.78 is 7.60. The van der Waals surface area contributed by atoms with E-state index in [1.54, 1.807) is 23.3 Å². The molecule has 1 aliphatic carbocycles. The van der Waals surface area contributed by atoms with Crippen LogP contribution in [0.3, 0.4) is 0 Å². The summed E-state index contributed by atoms with van der Waals surface area (Å²) >= 11 is 0. The number of hydrogen-bond acceptors (Lipinski definition) is 3. The molecule has 1 aromatic heterocycles. The third-order valence-electron chi connectivity index (χ3n) is 4.23. The average molecular weight is 313 g/mol. The van der Waals surface area contributed by atoms with Crippen LogP contribution < -0.4 is 10.1 Å². The number of benzene rings is 1. The maximum Gasteiger partial charge on any atom is 0.244 e. The van der Waals surface area contributed by atoms with E-state index in [-0.39, 0.29) is 12.5 Å². The number of hydrogen-bond donors (Lipinski definition) is 1. The number of carbonyl (C=O) groups is 1. The van der Waals surface area contributed by atoms with Crippen LogP contribution in [0.25, 0.3) is 0 Å². The van der Waals surface area contributed by atoms with Gasteiger partial charge in [-0.05, 0) is 43.0 Å². The lowest BCUT2D eigenvalue weighted by Gasteiger charge is -2.21. The van der Waals surface area contributed by atoms with E-state index in [1.807, 2.05) is 24.3 Å². The summed E-state index contributed by atoms with van der Waals surface area (Å²) in [5.74, 6) is 1.49. The molecule has 0 unspecified atom stereocenters. The van der Waals surface area contributed by atoms with Gasteiger partial charge in [-0.3, -0.25) is 4.79 Å². The van der Waals surface area contributed by atoms with E-state index in [4.69, 9.17) is 4.74 Å². The first kappa shape index (κ1) is 15.6. The van der Waals surface area contributed by atoms with Gasteiger partial charge in [0.1, 0.15) is 12.3 Å². The summed E-state index contributed by atoms with van der Waals surface area (Å²) in [6.45, 7) is 1.06. The first-order chi connectivity index (χ1) is 11.3. The van der Waals surface area contributed by atoms with Crippen LogP contribution in [0.4, 0.5) is 5.69 Å². The van der Waals surface area contributed by atoms with Crippen molar-refractivity contribution in [3.05, 3.63) is 43.0 Å². The summed E-state index contributed by atoms with van der Waals surface area (Å²) in [6, 6.07) is 7.58. The van der Waals surface area contributed by atoms with Crippen molar-refractivity contribution in [3.63, 3.8) is 0 Å². The highest BCUT2D eigenvalue weighted by Gasteiger charge is 2.13. The van der Waals surface area contributed by atoms with Crippen molar-refractivity contribution in [2.45, 2.75) is 38.6 Å². The second kappa shape index (κ2) is 7.81. The van der Waals surface area contributed by atoms with Crippen molar-refractivity contribution in [2.24, 2.45) is 5.92 Å². The number of amides is 1. The molecule has 0 atom stereocenters. The fourth-order valence-corrected chi connectivity index (χ4v) is 2.95. The normalized spacial score (nSPS) is 15.3. The van der Waals surface area contributed by atoms with Gasteiger partial charge in [-0.2, -0.15) is 0 Å². The number of imidazole rings is 1. The van der Waals surface area contributed by atoms with Gasteiger partial charge in [0.15, 0.2) is 0 Å². The molecule has 0 bridgehead atoms. The molecule has 1 aliphatic rings. The zero-order valence-corrected chi connectivity index (χ0v) is 13.3. The van der Waals surface area contributed by atoms with Gasteiger partial charge in [-0.25, -0.2) is 4.98 Å². The maximum atomic E-state index is 11.9. The molecule has 1 amide bonds. The van der Waals surface area contributed by atoms with Crippen molar-refractivity contribution < 1.29 is 9.53 Å². The lowest BCUT2D eigenvalue weighted by molar-refractivity contribution is -0.116. The van der Waals surface area contributed by atoms with Crippen molar-refractivity contribution in [3.8, 4) is 5.75 Å². The van der Waals surface area contributed by atoms with E-state index < -0.39 is 0 Å². The monoisotopic (exact) mass is 313 g/mol. The predicted molar refractivity (Wildman–Crippen MR) is 89.4 cm³/mol. The van der Waals surface area contributed by atoms with Gasteiger partial charge in [0.25, 0.3) is 0 Å². The minimum absolute atomic E-state index is 0.0705. The van der Waals surface area contributed by atoms with Crippen molar-refractivity contribution in [1.82, 2.24) is 9.55 Å². The minimum Gasteiger partial charge on any atom is -0.493 e. The van der Waals surface area contributed by atoms with Crippen LogP contribution in [0.15, 0.2) is 43.0 Å². The largest absolute Gasteiger partial charge is 0.493 e. The Bertz CT molecular complexity index is 602. The molecule has 0 aliphatic heterocycles. The predicted octanol–water partition coefficient (Wildman–Crippen LogP) is 3.48. The molecule has 5 heteroatoms. The van der Waals surface area contributed by atoms with Gasteiger partial charge in [0.05, 0.1) is 12.9 Å². The Morgan fingerprint density at radius 2 is 2.00 bits per heavy atom. The van der Waals surface area contributed by atoms with Crippen LogP contribution in [0, 0.1) is 5.92 Å². The number of ether oxygens (including phenoxy) is 1. The van der Waals surface area contributed by atoms with Gasteiger partial charge in [0.2, 0.25) is 5.91 Å². The smallest absolute Gasteiger partial charge is 0.244 e. The molecule has 2 aromatic rings. The van der Waals surface area contributed by atoms with Crippen LogP contribution in [-0.2, 0) is 11.3 Å². The number of carbonyl (C=O) groups excluding carboxylic acids is 1. The first-order valence-corrected chi connectivity index (χ1v) is 8.28. The molecule has 1 aromatic carbocycles. The van der Waals surface area contributed by atoms with E-state index in [9.17, 15) is 4.79 Å². The Balaban J connectivity index is 1.45. The van der Waals surface area contributed by atoms with Crippen molar-refractivity contribution in [1.29, 1.82) is 0 Å². The summed E-state index contributed by atoms with van der Waals surface area (Å²) in [4.78, 5) is 15.8. The third-order valence-corrected chi connectivity index (χ3v) is 4.23. The highest BCUT2D eigenvalue weighted by molar-refractivity contribution is 5.90. The number of aromatic nitrogens is 2. The van der Waals surface area contributed by atoms with Gasteiger partial charge in [0, 0.05) is 18.1 Å². The van der Waals surface area contributed by atoms with E-state index in [1.165, 1.54) is 32.1 Å². The molecule has 5 nitrogen and oxygen atoms in total. The second-order valence-corrected chi connectivity index (χ2v) is 6.12. The van der Waals surface area contributed by atoms with Crippen LogP contribution in [0.5, 0.6) is 5.75 Å². The van der Waals surface area contributed by atoms with Crippen LogP contribution in [0.2, 0.25) is 0 Å². The molecule has 1 heterocycles. The van der Waals surface area contributed by atoms with Gasteiger partial charge >= 0.3 is 0 Å². The first-order valence-electron chi connectivity index (χ1n) is 8.28. The molecule has 23 heavy (non-hydrogen) atoms. The molecule has 122 valence electrons. The molecular formula is C18H23N3O2. The molecule has 0 radical (unpaired) electrons. The highest BCUT2D eigenvalue weighted by atomic mass is 16.5. The number of nitrogens with zero attached hydrogens (tertiary/aromatic N) is 2. The van der Waals surface area contributed by atoms with E-state index in [0.29, 0.717) is 5.92 Å². The Hall–Kier alpha value is -2.30. The summed E-state index contributed by atoms with van der Waals surface area (Å²) in [6.07, 6.45) is 11.6. The molecule has 3 rings (SSSR count). The zero-order chi connectivity index (χ0) is 15.9. The Kier molecular flexibility index (Phi) is 5.29. The summed E-state index contributed by atoms with van der Waals surface area (Å²) in [5, 5.41) is 2.87. The molecule has 1 N–H and O–H groups in total. The molecule has 1 saturated carbocycles. The minimum atomic E-state index is -0.0705. The number of anilines is 1. The van der Waals surface area contributed by atoms with E-state index in [2.05, 4.69) is 10.3 Å². The quantitative estimate of drug-likeness (QED) is 0.888. The molecule has 1 fully saturated rings. The van der Waals surface area contributed by atoms with Gasteiger partial charge in [-0.1, -0.05) is 19.3 Å². The van der Waals surface area contributed by atoms with Crippen LogP contribution in [0.1, 0.15) is 32.1 Å². The third kappa shape index (κ3) is 4.84. The molecule has 0 saturated heterocycles. The standard InChI is InChI=1S/C18H23N3O2/c22-18(12-21-11-10-19-14-21)20-16-6-8-17(9-7-16)23-13-15-4-2-1-3-5-15/h6-11,14-15H,1-5,12-13H2,(H,20,22). The number of rotatable bonds is 6. The van der Waals surface area contributed by atoms with E-state index >= 15 is 0 Å². The highest BCUT2D eigenvalue weighted by Crippen LogP contribution is 2.25. The van der Waals surface area contributed by atoms with Crippen molar-refractivity contribution >= 4 is 11.6 Å². The second-order valence-electron chi connectivity index (χ2n) is 6.12. The number of nitrogens with one attached hydrogen (secondary N) is 1. The fourth-order valence-electron chi connectivity index (χ4n) is 2.95. The summed E-state index contributed by atoms with van der Waals surface area (Å²) in [7, 11) is 0. The maximum absolute atomic E-state index is 11.9. The lowest BCUT2D eigenvalue weighted by Crippen LogP contribution is -2.18. The molecular weight excluding hydrogens is 290 g/mol. The topological polar surface area (TPSA) is 56.2 Å². The van der Waals surface area contributed by atoms with Crippen LogP contribution in [-0.4, -0.2) is 22.1 Å². The average Bonchev–Trinajstić information content (AvgIpc) is 3.08. The van der Waals surface area contributed by atoms with E-state index in [0.717, 1.165) is 18.0 Å². The zero-order valence-electron chi connectivity index (χ0n) is 13.3. The van der Waals surface area contributed by atoms with Crippen LogP contribution >= 0.6 is 0 Å². The SMILES string of the molecule is O=C(Cn1ccnc1)Nc1ccc(OCC2CCCCC2)cc1. The Morgan fingerprint density at radius 1 is 1.22 bits per heavy atom. The lowest BCUT2D eigenvalue weighted by atomic mass is 9.90. The molecule has 0 spiro atoms. The fraction of sp³-hybridized carbons (Fsp3) is 0.444. The Labute approximate surface area is 136 Å². The summed E-state index contributed by atoms with van der Waals surface area (Å²) in [5.41, 5.74) is 0.778.